The van der Waals surface area contributed by atoms with Crippen LogP contribution in [0.4, 0.5) is 0 Å². The minimum absolute atomic E-state index is 0.750. The van der Waals surface area contributed by atoms with Gasteiger partial charge in [0.25, 0.3) is 0 Å². The minimum atomic E-state index is 0.750. The molecule has 2 saturated heterocycles. The van der Waals surface area contributed by atoms with E-state index in [0.29, 0.717) is 0 Å². The van der Waals surface area contributed by atoms with Gasteiger partial charge in [0.15, 0.2) is 0 Å². The lowest BCUT2D eigenvalue weighted by Gasteiger charge is -2.50. The van der Waals surface area contributed by atoms with E-state index >= 15 is 0 Å². The SMILES string of the molecule is C#CCCCCN1CC2CCCCN2CC1C(C)C. The van der Waals surface area contributed by atoms with Crippen LogP contribution in [0.2, 0.25) is 0 Å². The predicted molar refractivity (Wildman–Crippen MR) is 82.1 cm³/mol. The average Bonchev–Trinajstić information content (AvgIpc) is 2.42. The van der Waals surface area contributed by atoms with Crippen molar-refractivity contribution >= 4 is 0 Å². The zero-order valence-corrected chi connectivity index (χ0v) is 12.8. The van der Waals surface area contributed by atoms with E-state index in [9.17, 15) is 0 Å². The van der Waals surface area contributed by atoms with E-state index in [4.69, 9.17) is 6.42 Å². The van der Waals surface area contributed by atoms with Gasteiger partial charge in [-0.1, -0.05) is 20.3 Å². The summed E-state index contributed by atoms with van der Waals surface area (Å²) in [7, 11) is 0. The average molecular weight is 262 g/mol. The van der Waals surface area contributed by atoms with Gasteiger partial charge in [0.1, 0.15) is 0 Å². The van der Waals surface area contributed by atoms with Crippen molar-refractivity contribution in [1.29, 1.82) is 0 Å². The molecule has 0 bridgehead atoms. The van der Waals surface area contributed by atoms with Crippen LogP contribution in [-0.2, 0) is 0 Å². The van der Waals surface area contributed by atoms with Gasteiger partial charge in [-0.25, -0.2) is 0 Å². The van der Waals surface area contributed by atoms with Crippen LogP contribution in [0.15, 0.2) is 0 Å². The number of unbranched alkanes of at least 4 members (excludes halogenated alkanes) is 2. The highest BCUT2D eigenvalue weighted by molar-refractivity contribution is 4.92. The molecule has 2 rings (SSSR count). The van der Waals surface area contributed by atoms with Gasteiger partial charge < -0.3 is 0 Å². The fourth-order valence-corrected chi connectivity index (χ4v) is 3.70. The van der Waals surface area contributed by atoms with Crippen molar-refractivity contribution in [1.82, 2.24) is 9.80 Å². The van der Waals surface area contributed by atoms with Crippen LogP contribution in [0.3, 0.4) is 0 Å². The van der Waals surface area contributed by atoms with Gasteiger partial charge in [0.05, 0.1) is 0 Å². The Labute approximate surface area is 119 Å². The lowest BCUT2D eigenvalue weighted by molar-refractivity contribution is -0.00796. The van der Waals surface area contributed by atoms with E-state index in [1.54, 1.807) is 0 Å². The Morgan fingerprint density at radius 2 is 2.05 bits per heavy atom. The molecule has 0 amide bonds. The number of piperazine rings is 1. The van der Waals surface area contributed by atoms with Gasteiger partial charge in [-0.2, -0.15) is 0 Å². The van der Waals surface area contributed by atoms with Crippen molar-refractivity contribution < 1.29 is 0 Å². The summed E-state index contributed by atoms with van der Waals surface area (Å²) in [5.41, 5.74) is 0. The number of fused-ring (bicyclic) bond motifs is 1. The Morgan fingerprint density at radius 3 is 2.79 bits per heavy atom. The third-order valence-corrected chi connectivity index (χ3v) is 4.87. The molecular formula is C17H30N2. The summed E-state index contributed by atoms with van der Waals surface area (Å²) < 4.78 is 0. The quantitative estimate of drug-likeness (QED) is 0.555. The molecule has 0 spiro atoms. The number of rotatable bonds is 5. The molecule has 2 aliphatic rings. The van der Waals surface area contributed by atoms with Crippen LogP contribution >= 0.6 is 0 Å². The highest BCUT2D eigenvalue weighted by Gasteiger charge is 2.35. The van der Waals surface area contributed by atoms with Gasteiger partial charge in [-0.15, -0.1) is 12.3 Å². The largest absolute Gasteiger partial charge is 0.298 e. The second-order valence-corrected chi connectivity index (χ2v) is 6.61. The highest BCUT2D eigenvalue weighted by Crippen LogP contribution is 2.27. The van der Waals surface area contributed by atoms with E-state index in [2.05, 4.69) is 29.6 Å². The van der Waals surface area contributed by atoms with Crippen molar-refractivity contribution in [2.75, 3.05) is 26.2 Å². The molecule has 0 aromatic rings. The number of piperidine rings is 1. The Balaban J connectivity index is 1.88. The molecule has 0 saturated carbocycles. The van der Waals surface area contributed by atoms with Crippen LogP contribution < -0.4 is 0 Å². The van der Waals surface area contributed by atoms with Gasteiger partial charge in [-0.05, 0) is 44.7 Å². The fraction of sp³-hybridized carbons (Fsp3) is 0.882. The van der Waals surface area contributed by atoms with Crippen LogP contribution in [0.1, 0.15) is 52.4 Å². The van der Waals surface area contributed by atoms with Crippen molar-refractivity contribution in [3.8, 4) is 12.3 Å². The van der Waals surface area contributed by atoms with E-state index in [0.717, 1.165) is 24.4 Å². The van der Waals surface area contributed by atoms with E-state index in [1.165, 1.54) is 58.3 Å². The zero-order chi connectivity index (χ0) is 13.7. The van der Waals surface area contributed by atoms with E-state index in [1.807, 2.05) is 0 Å². The van der Waals surface area contributed by atoms with E-state index < -0.39 is 0 Å². The highest BCUT2D eigenvalue weighted by atomic mass is 15.3. The smallest absolute Gasteiger partial charge is 0.0246 e. The van der Waals surface area contributed by atoms with Gasteiger partial charge in [0, 0.05) is 31.6 Å². The lowest BCUT2D eigenvalue weighted by Crippen LogP contribution is -2.61. The molecule has 19 heavy (non-hydrogen) atoms. The first-order valence-electron chi connectivity index (χ1n) is 8.14. The minimum Gasteiger partial charge on any atom is -0.298 e. The maximum atomic E-state index is 5.34. The molecule has 0 aromatic carbocycles. The molecule has 2 aliphatic heterocycles. The molecule has 0 radical (unpaired) electrons. The number of hydrogen-bond acceptors (Lipinski definition) is 2. The summed E-state index contributed by atoms with van der Waals surface area (Å²) in [6.45, 7) is 9.91. The zero-order valence-electron chi connectivity index (χ0n) is 12.8. The monoisotopic (exact) mass is 262 g/mol. The molecule has 2 heterocycles. The molecule has 2 unspecified atom stereocenters. The van der Waals surface area contributed by atoms with Gasteiger partial charge in [-0.3, -0.25) is 9.80 Å². The number of hydrogen-bond donors (Lipinski definition) is 0. The summed E-state index contributed by atoms with van der Waals surface area (Å²) in [5, 5.41) is 0. The Bertz CT molecular complexity index is 305. The van der Waals surface area contributed by atoms with Crippen molar-refractivity contribution in [2.45, 2.75) is 64.5 Å². The third-order valence-electron chi connectivity index (χ3n) is 4.87. The molecule has 0 aliphatic carbocycles. The Hall–Kier alpha value is -0.520. The maximum Gasteiger partial charge on any atom is 0.0246 e. The second kappa shape index (κ2) is 7.31. The normalized spacial score (nSPS) is 29.2. The maximum absolute atomic E-state index is 5.34. The van der Waals surface area contributed by atoms with Gasteiger partial charge in [0.2, 0.25) is 0 Å². The Kier molecular flexibility index (Phi) is 5.73. The molecular weight excluding hydrogens is 232 g/mol. The number of nitrogens with zero attached hydrogens (tertiary/aromatic N) is 2. The third kappa shape index (κ3) is 3.97. The number of terminal acetylenes is 1. The first-order valence-corrected chi connectivity index (χ1v) is 8.14. The van der Waals surface area contributed by atoms with Gasteiger partial charge >= 0.3 is 0 Å². The second-order valence-electron chi connectivity index (χ2n) is 6.61. The Morgan fingerprint density at radius 1 is 1.21 bits per heavy atom. The van der Waals surface area contributed by atoms with E-state index in [-0.39, 0.29) is 0 Å². The summed E-state index contributed by atoms with van der Waals surface area (Å²) in [6.07, 6.45) is 13.0. The standard InChI is InChI=1S/C17H30N2/c1-4-5-6-8-12-19-13-16-10-7-9-11-18(16)14-17(19)15(2)3/h1,15-17H,5-14H2,2-3H3. The summed E-state index contributed by atoms with van der Waals surface area (Å²) >= 11 is 0. The summed E-state index contributed by atoms with van der Waals surface area (Å²) in [6, 6.07) is 1.58. The molecule has 108 valence electrons. The first-order chi connectivity index (χ1) is 9.22. The first kappa shape index (κ1) is 14.9. The summed E-state index contributed by atoms with van der Waals surface area (Å²) in [5.74, 6) is 3.52. The molecule has 2 nitrogen and oxygen atoms in total. The van der Waals surface area contributed by atoms with Crippen LogP contribution in [0.25, 0.3) is 0 Å². The molecule has 0 aromatic heterocycles. The molecule has 2 fully saturated rings. The van der Waals surface area contributed by atoms with Crippen LogP contribution in [0, 0.1) is 18.3 Å². The summed E-state index contributed by atoms with van der Waals surface area (Å²) in [4.78, 5) is 5.51. The predicted octanol–water partition coefficient (Wildman–Crippen LogP) is 2.98. The lowest BCUT2D eigenvalue weighted by atomic mass is 9.92. The molecule has 2 heteroatoms. The van der Waals surface area contributed by atoms with Crippen molar-refractivity contribution in [3.05, 3.63) is 0 Å². The van der Waals surface area contributed by atoms with Crippen LogP contribution in [0.5, 0.6) is 0 Å². The van der Waals surface area contributed by atoms with Crippen molar-refractivity contribution in [2.24, 2.45) is 5.92 Å². The topological polar surface area (TPSA) is 6.48 Å². The van der Waals surface area contributed by atoms with Crippen LogP contribution in [-0.4, -0.2) is 48.1 Å². The molecule has 0 N–H and O–H groups in total. The fourth-order valence-electron chi connectivity index (χ4n) is 3.70. The molecule has 2 atom stereocenters. The van der Waals surface area contributed by atoms with Crippen molar-refractivity contribution in [3.63, 3.8) is 0 Å².